The second kappa shape index (κ2) is 71.8. The zero-order valence-electron chi connectivity index (χ0n) is 56.0. The molecule has 6 nitrogen and oxygen atoms in total. The van der Waals surface area contributed by atoms with Crippen LogP contribution in [0.5, 0.6) is 0 Å². The van der Waals surface area contributed by atoms with E-state index < -0.39 is 6.10 Å². The summed E-state index contributed by atoms with van der Waals surface area (Å²) in [5, 5.41) is 0. The van der Waals surface area contributed by atoms with Crippen molar-refractivity contribution in [2.24, 2.45) is 0 Å². The molecule has 1 atom stereocenters. The van der Waals surface area contributed by atoms with Crippen LogP contribution in [0.2, 0.25) is 0 Å². The van der Waals surface area contributed by atoms with Crippen LogP contribution in [0.15, 0.2) is 48.6 Å². The zero-order chi connectivity index (χ0) is 59.9. The molecule has 0 saturated heterocycles. The lowest BCUT2D eigenvalue weighted by Crippen LogP contribution is -2.30. The lowest BCUT2D eigenvalue weighted by molar-refractivity contribution is -0.167. The van der Waals surface area contributed by atoms with Crippen molar-refractivity contribution in [3.8, 4) is 0 Å². The summed E-state index contributed by atoms with van der Waals surface area (Å²) < 4.78 is 17.0. The van der Waals surface area contributed by atoms with Gasteiger partial charge in [-0.1, -0.05) is 352 Å². The summed E-state index contributed by atoms with van der Waals surface area (Å²) in [6.07, 6.45) is 91.6. The monoisotopic (exact) mass is 1160 g/mol. The van der Waals surface area contributed by atoms with Gasteiger partial charge in [0.2, 0.25) is 0 Å². The van der Waals surface area contributed by atoms with Crippen molar-refractivity contribution in [1.82, 2.24) is 0 Å². The number of carbonyl (C=O) groups is 3. The summed E-state index contributed by atoms with van der Waals surface area (Å²) in [7, 11) is 0. The van der Waals surface area contributed by atoms with Crippen molar-refractivity contribution in [1.29, 1.82) is 0 Å². The van der Waals surface area contributed by atoms with Crippen molar-refractivity contribution in [3.63, 3.8) is 0 Å². The molecule has 0 aliphatic carbocycles. The van der Waals surface area contributed by atoms with E-state index in [0.717, 1.165) is 89.9 Å². The van der Waals surface area contributed by atoms with Crippen LogP contribution in [0.3, 0.4) is 0 Å². The number of carbonyl (C=O) groups excluding carboxylic acids is 3. The van der Waals surface area contributed by atoms with Crippen molar-refractivity contribution < 1.29 is 28.6 Å². The Kier molecular flexibility index (Phi) is 69.6. The Morgan fingerprint density at radius 3 is 0.675 bits per heavy atom. The quantitative estimate of drug-likeness (QED) is 0.0261. The van der Waals surface area contributed by atoms with Gasteiger partial charge in [-0.05, 0) is 83.5 Å². The third-order valence-corrected chi connectivity index (χ3v) is 16.8. The highest BCUT2D eigenvalue weighted by atomic mass is 16.6. The van der Waals surface area contributed by atoms with Crippen molar-refractivity contribution in [2.75, 3.05) is 13.2 Å². The van der Waals surface area contributed by atoms with Gasteiger partial charge in [0.15, 0.2) is 6.10 Å². The van der Waals surface area contributed by atoms with Crippen LogP contribution in [0.4, 0.5) is 0 Å². The molecule has 0 aliphatic rings. The summed E-state index contributed by atoms with van der Waals surface area (Å²) in [4.78, 5) is 38.5. The highest BCUT2D eigenvalue weighted by Gasteiger charge is 2.19. The van der Waals surface area contributed by atoms with Gasteiger partial charge in [0.1, 0.15) is 13.2 Å². The standard InChI is InChI=1S/C77H142O6/c1-4-7-10-13-16-19-22-25-28-31-33-34-35-36-37-38-39-40-41-42-43-44-45-47-49-52-55-58-61-64-67-70-76(79)82-73-74(72-81-75(78)69-66-63-60-57-54-51-48-30-27-24-21-18-15-12-9-6-3)83-77(80)71-68-65-62-59-56-53-50-46-32-29-26-23-20-17-14-11-8-5-2/h20-21,23-24,29-30,32,48,74H,4-19,22,25-28,31,33-47,49-73H2,1-3H3/b23-20-,24-21-,32-29-,48-30-. The van der Waals surface area contributed by atoms with Gasteiger partial charge >= 0.3 is 17.9 Å². The average molecular weight is 1160 g/mol. The molecule has 0 aromatic carbocycles. The lowest BCUT2D eigenvalue weighted by atomic mass is 10.0. The second-order valence-electron chi connectivity index (χ2n) is 25.2. The van der Waals surface area contributed by atoms with E-state index in [2.05, 4.69) is 69.4 Å². The van der Waals surface area contributed by atoms with Crippen LogP contribution in [0.1, 0.15) is 406 Å². The fraction of sp³-hybridized carbons (Fsp3) is 0.857. The van der Waals surface area contributed by atoms with Gasteiger partial charge in [0.05, 0.1) is 0 Å². The summed E-state index contributed by atoms with van der Waals surface area (Å²) in [6.45, 7) is 6.66. The van der Waals surface area contributed by atoms with Crippen molar-refractivity contribution >= 4 is 17.9 Å². The highest BCUT2D eigenvalue weighted by molar-refractivity contribution is 5.71. The van der Waals surface area contributed by atoms with E-state index in [1.165, 1.54) is 276 Å². The number of ether oxygens (including phenoxy) is 3. The Morgan fingerprint density at radius 1 is 0.241 bits per heavy atom. The predicted molar refractivity (Wildman–Crippen MR) is 362 cm³/mol. The van der Waals surface area contributed by atoms with E-state index in [1.54, 1.807) is 0 Å². The summed E-state index contributed by atoms with van der Waals surface area (Å²) >= 11 is 0. The number of unbranched alkanes of at least 4 members (excludes halogenated alkanes) is 50. The Bertz CT molecular complexity index is 1430. The minimum absolute atomic E-state index is 0.0771. The SMILES string of the molecule is CCCCCC/C=C\C/C=C\CCCCCCCCCC(=O)OC(COC(=O)CCCCCCC/C=C\C/C=C\CCCCCC)COC(=O)CCCCCCCCCCCCCCCCCCCCCCCCCCCCCCCCC. The molecule has 0 radical (unpaired) electrons. The Hall–Kier alpha value is -2.63. The summed E-state index contributed by atoms with van der Waals surface area (Å²) in [5.41, 5.74) is 0. The molecule has 0 amide bonds. The van der Waals surface area contributed by atoms with Gasteiger partial charge < -0.3 is 14.2 Å². The summed E-state index contributed by atoms with van der Waals surface area (Å²) in [5.74, 6) is -0.873. The molecule has 1 unspecified atom stereocenters. The third-order valence-electron chi connectivity index (χ3n) is 16.8. The molecule has 486 valence electrons. The molecular formula is C77H142O6. The highest BCUT2D eigenvalue weighted by Crippen LogP contribution is 2.19. The number of hydrogen-bond acceptors (Lipinski definition) is 6. The van der Waals surface area contributed by atoms with E-state index in [0.29, 0.717) is 19.3 Å². The minimum atomic E-state index is -0.784. The first-order valence-corrected chi connectivity index (χ1v) is 37.1. The molecule has 0 bridgehead atoms. The van der Waals surface area contributed by atoms with E-state index in [1.807, 2.05) is 0 Å². The van der Waals surface area contributed by atoms with E-state index in [4.69, 9.17) is 14.2 Å². The van der Waals surface area contributed by atoms with Crippen LogP contribution < -0.4 is 0 Å². The first-order chi connectivity index (χ1) is 41.0. The second-order valence-corrected chi connectivity index (χ2v) is 25.2. The first kappa shape index (κ1) is 80.4. The smallest absolute Gasteiger partial charge is 0.306 e. The molecule has 0 spiro atoms. The van der Waals surface area contributed by atoms with Crippen LogP contribution in [0, 0.1) is 0 Å². The maximum absolute atomic E-state index is 12.9. The molecule has 0 aliphatic heterocycles. The Balaban J connectivity index is 4.20. The average Bonchev–Trinajstić information content (AvgIpc) is 3.50. The molecule has 0 aromatic rings. The van der Waals surface area contributed by atoms with E-state index in [-0.39, 0.29) is 31.1 Å². The molecular weight excluding hydrogens is 1020 g/mol. The van der Waals surface area contributed by atoms with Crippen LogP contribution in [-0.2, 0) is 28.6 Å². The largest absolute Gasteiger partial charge is 0.462 e. The minimum Gasteiger partial charge on any atom is -0.462 e. The molecule has 0 fully saturated rings. The number of esters is 3. The summed E-state index contributed by atoms with van der Waals surface area (Å²) in [6, 6.07) is 0. The van der Waals surface area contributed by atoms with Gasteiger partial charge in [0.25, 0.3) is 0 Å². The van der Waals surface area contributed by atoms with Gasteiger partial charge in [-0.25, -0.2) is 0 Å². The Labute approximate surface area is 518 Å². The Morgan fingerprint density at radius 2 is 0.434 bits per heavy atom. The topological polar surface area (TPSA) is 78.9 Å². The van der Waals surface area contributed by atoms with Crippen LogP contribution in [0.25, 0.3) is 0 Å². The van der Waals surface area contributed by atoms with Crippen LogP contribution in [-0.4, -0.2) is 37.2 Å². The lowest BCUT2D eigenvalue weighted by Gasteiger charge is -2.18. The van der Waals surface area contributed by atoms with Gasteiger partial charge in [-0.15, -0.1) is 0 Å². The molecule has 0 rings (SSSR count). The maximum atomic E-state index is 12.9. The number of rotatable bonds is 69. The van der Waals surface area contributed by atoms with Gasteiger partial charge in [0, 0.05) is 19.3 Å². The third kappa shape index (κ3) is 70.0. The molecule has 0 heterocycles. The maximum Gasteiger partial charge on any atom is 0.306 e. The van der Waals surface area contributed by atoms with Crippen LogP contribution >= 0.6 is 0 Å². The fourth-order valence-corrected chi connectivity index (χ4v) is 11.2. The van der Waals surface area contributed by atoms with E-state index >= 15 is 0 Å². The number of hydrogen-bond donors (Lipinski definition) is 0. The molecule has 0 aromatic heterocycles. The molecule has 0 saturated carbocycles. The van der Waals surface area contributed by atoms with Gasteiger partial charge in [-0.3, -0.25) is 14.4 Å². The zero-order valence-corrected chi connectivity index (χ0v) is 56.0. The van der Waals surface area contributed by atoms with Gasteiger partial charge in [-0.2, -0.15) is 0 Å². The fourth-order valence-electron chi connectivity index (χ4n) is 11.2. The van der Waals surface area contributed by atoms with Crippen molar-refractivity contribution in [3.05, 3.63) is 48.6 Å². The predicted octanol–water partition coefficient (Wildman–Crippen LogP) is 25.7. The first-order valence-electron chi connectivity index (χ1n) is 37.1. The van der Waals surface area contributed by atoms with Crippen molar-refractivity contribution in [2.45, 2.75) is 412 Å². The normalized spacial score (nSPS) is 12.3. The number of allylic oxidation sites excluding steroid dienone is 8. The molecule has 6 heteroatoms. The molecule has 83 heavy (non-hydrogen) atoms. The van der Waals surface area contributed by atoms with E-state index in [9.17, 15) is 14.4 Å². The molecule has 0 N–H and O–H groups in total.